The molecule has 0 bridgehead atoms. The average Bonchev–Trinajstić information content (AvgIpc) is 3.45. The minimum atomic E-state index is -0.481. The van der Waals surface area contributed by atoms with Gasteiger partial charge in [0.15, 0.2) is 0 Å². The molecule has 2 atom stereocenters. The summed E-state index contributed by atoms with van der Waals surface area (Å²) < 4.78 is 15.9. The van der Waals surface area contributed by atoms with E-state index in [1.807, 2.05) is 61.1 Å². The molecule has 0 N–H and O–H groups in total. The molecule has 31 heavy (non-hydrogen) atoms. The first-order valence-corrected chi connectivity index (χ1v) is 10.5. The van der Waals surface area contributed by atoms with Gasteiger partial charge in [-0.05, 0) is 28.8 Å². The first-order valence-electron chi connectivity index (χ1n) is 10.5. The monoisotopic (exact) mass is 413 g/mol. The number of imidazole rings is 1. The van der Waals surface area contributed by atoms with Gasteiger partial charge in [0.1, 0.15) is 11.9 Å². The molecule has 2 unspecified atom stereocenters. The predicted octanol–water partition coefficient (Wildman–Crippen LogP) is 5.50. The number of halogens is 1. The molecule has 5 heteroatoms. The minimum absolute atomic E-state index is 0.0986. The van der Waals surface area contributed by atoms with Gasteiger partial charge in [0.2, 0.25) is 0 Å². The Hall–Kier alpha value is -3.28. The van der Waals surface area contributed by atoms with E-state index in [-0.39, 0.29) is 11.9 Å². The first-order chi connectivity index (χ1) is 15.2. The maximum Gasteiger partial charge on any atom is 0.123 e. The molecule has 1 aromatic heterocycles. The van der Waals surface area contributed by atoms with Gasteiger partial charge < -0.3 is 4.57 Å². The molecule has 156 valence electrons. The van der Waals surface area contributed by atoms with Crippen molar-refractivity contribution in [3.8, 4) is 0 Å². The van der Waals surface area contributed by atoms with E-state index in [9.17, 15) is 4.39 Å². The first kappa shape index (κ1) is 19.7. The Morgan fingerprint density at radius 3 is 2.32 bits per heavy atom. The van der Waals surface area contributed by atoms with Crippen molar-refractivity contribution in [3.63, 3.8) is 0 Å². The lowest BCUT2D eigenvalue weighted by Crippen LogP contribution is -2.43. The summed E-state index contributed by atoms with van der Waals surface area (Å²) in [4.78, 5) is 10.8. The second-order valence-corrected chi connectivity index (χ2v) is 8.00. The second kappa shape index (κ2) is 8.46. The molecule has 0 amide bonds. The standard InChI is InChI=1S/C26H24FN3O/c27-24-13-11-23(12-14-24)26(19-29-16-15-28-20-29)17-25(22-9-5-2-6-10-22)31-30(26)18-21-7-3-1-4-8-21/h1-16,20,25H,17-19H2. The highest BCUT2D eigenvalue weighted by Gasteiger charge is 2.49. The van der Waals surface area contributed by atoms with Crippen molar-refractivity contribution in [2.45, 2.75) is 31.2 Å². The van der Waals surface area contributed by atoms with Gasteiger partial charge in [-0.1, -0.05) is 72.8 Å². The highest BCUT2D eigenvalue weighted by atomic mass is 19.1. The van der Waals surface area contributed by atoms with Gasteiger partial charge in [-0.15, -0.1) is 0 Å². The maximum atomic E-state index is 13.8. The number of hydroxylamine groups is 2. The van der Waals surface area contributed by atoms with Gasteiger partial charge in [0, 0.05) is 25.4 Å². The van der Waals surface area contributed by atoms with E-state index in [4.69, 9.17) is 4.84 Å². The molecule has 1 saturated heterocycles. The van der Waals surface area contributed by atoms with Crippen molar-refractivity contribution in [1.82, 2.24) is 14.6 Å². The van der Waals surface area contributed by atoms with E-state index in [1.165, 1.54) is 12.1 Å². The van der Waals surface area contributed by atoms with Crippen LogP contribution in [-0.2, 0) is 23.5 Å². The Morgan fingerprint density at radius 1 is 0.935 bits per heavy atom. The maximum absolute atomic E-state index is 13.8. The molecule has 4 nitrogen and oxygen atoms in total. The van der Waals surface area contributed by atoms with Crippen LogP contribution in [0.4, 0.5) is 4.39 Å². The molecule has 1 aliphatic heterocycles. The van der Waals surface area contributed by atoms with Gasteiger partial charge in [-0.25, -0.2) is 9.37 Å². The Morgan fingerprint density at radius 2 is 1.65 bits per heavy atom. The highest BCUT2D eigenvalue weighted by molar-refractivity contribution is 5.29. The van der Waals surface area contributed by atoms with Crippen LogP contribution in [-0.4, -0.2) is 14.6 Å². The number of rotatable bonds is 6. The van der Waals surface area contributed by atoms with Crippen LogP contribution in [0.3, 0.4) is 0 Å². The Balaban J connectivity index is 1.60. The lowest BCUT2D eigenvalue weighted by atomic mass is 9.83. The molecule has 1 fully saturated rings. The third kappa shape index (κ3) is 4.02. The van der Waals surface area contributed by atoms with Crippen molar-refractivity contribution >= 4 is 0 Å². The summed E-state index contributed by atoms with van der Waals surface area (Å²) in [6.45, 7) is 1.27. The summed E-state index contributed by atoms with van der Waals surface area (Å²) in [6.07, 6.45) is 6.21. The van der Waals surface area contributed by atoms with E-state index in [0.29, 0.717) is 13.1 Å². The molecule has 0 saturated carbocycles. The second-order valence-electron chi connectivity index (χ2n) is 8.00. The molecule has 0 radical (unpaired) electrons. The number of aromatic nitrogens is 2. The normalized spacial score (nSPS) is 21.4. The van der Waals surface area contributed by atoms with Crippen LogP contribution in [0.15, 0.2) is 104 Å². The molecule has 1 aliphatic rings. The SMILES string of the molecule is Fc1ccc(C2(Cn3ccnc3)CC(c3ccccc3)ON2Cc2ccccc2)cc1. The molecular weight excluding hydrogens is 389 g/mol. The third-order valence-corrected chi connectivity index (χ3v) is 5.98. The van der Waals surface area contributed by atoms with Crippen LogP contribution < -0.4 is 0 Å². The van der Waals surface area contributed by atoms with Crippen LogP contribution in [0.5, 0.6) is 0 Å². The Labute approximate surface area is 181 Å². The zero-order valence-electron chi connectivity index (χ0n) is 17.1. The molecule has 4 aromatic rings. The summed E-state index contributed by atoms with van der Waals surface area (Å²) in [6, 6.07) is 27.4. The molecular formula is C26H24FN3O. The Bertz CT molecular complexity index is 1100. The topological polar surface area (TPSA) is 30.3 Å². The van der Waals surface area contributed by atoms with E-state index in [2.05, 4.69) is 38.9 Å². The minimum Gasteiger partial charge on any atom is -0.335 e. The summed E-state index contributed by atoms with van der Waals surface area (Å²) in [5, 5.41) is 2.08. The largest absolute Gasteiger partial charge is 0.335 e. The van der Waals surface area contributed by atoms with Gasteiger partial charge in [-0.2, -0.15) is 5.06 Å². The molecule has 2 heterocycles. The lowest BCUT2D eigenvalue weighted by molar-refractivity contribution is -0.203. The fraction of sp³-hybridized carbons (Fsp3) is 0.192. The van der Waals surface area contributed by atoms with Crippen molar-refractivity contribution in [2.24, 2.45) is 0 Å². The smallest absolute Gasteiger partial charge is 0.123 e. The molecule has 5 rings (SSSR count). The average molecular weight is 413 g/mol. The predicted molar refractivity (Wildman–Crippen MR) is 117 cm³/mol. The zero-order valence-corrected chi connectivity index (χ0v) is 17.1. The van der Waals surface area contributed by atoms with Crippen LogP contribution >= 0.6 is 0 Å². The van der Waals surface area contributed by atoms with Gasteiger partial charge in [0.25, 0.3) is 0 Å². The lowest BCUT2D eigenvalue weighted by Gasteiger charge is -2.37. The van der Waals surface area contributed by atoms with Crippen LogP contribution in [0, 0.1) is 5.82 Å². The quantitative estimate of drug-likeness (QED) is 0.418. The fourth-order valence-electron chi connectivity index (χ4n) is 4.42. The van der Waals surface area contributed by atoms with E-state index in [0.717, 1.165) is 23.1 Å². The van der Waals surface area contributed by atoms with Gasteiger partial charge in [-0.3, -0.25) is 4.84 Å². The van der Waals surface area contributed by atoms with E-state index >= 15 is 0 Å². The van der Waals surface area contributed by atoms with Gasteiger partial charge >= 0.3 is 0 Å². The molecule has 0 aliphatic carbocycles. The molecule has 0 spiro atoms. The number of nitrogens with zero attached hydrogens (tertiary/aromatic N) is 3. The van der Waals surface area contributed by atoms with Crippen molar-refractivity contribution in [2.75, 3.05) is 0 Å². The molecule has 3 aromatic carbocycles. The van der Waals surface area contributed by atoms with Gasteiger partial charge in [0.05, 0.1) is 18.4 Å². The van der Waals surface area contributed by atoms with E-state index in [1.54, 1.807) is 6.20 Å². The summed E-state index contributed by atoms with van der Waals surface area (Å²) in [5.41, 5.74) is 2.84. The van der Waals surface area contributed by atoms with Crippen LogP contribution in [0.1, 0.15) is 29.2 Å². The van der Waals surface area contributed by atoms with Crippen molar-refractivity contribution in [1.29, 1.82) is 0 Å². The Kier molecular flexibility index (Phi) is 5.37. The van der Waals surface area contributed by atoms with E-state index < -0.39 is 5.54 Å². The van der Waals surface area contributed by atoms with Crippen LogP contribution in [0.25, 0.3) is 0 Å². The van der Waals surface area contributed by atoms with Crippen molar-refractivity contribution in [3.05, 3.63) is 126 Å². The summed E-state index contributed by atoms with van der Waals surface area (Å²) >= 11 is 0. The summed E-state index contributed by atoms with van der Waals surface area (Å²) in [5.74, 6) is -0.241. The fourth-order valence-corrected chi connectivity index (χ4v) is 4.42. The number of hydrogen-bond donors (Lipinski definition) is 0. The third-order valence-electron chi connectivity index (χ3n) is 5.98. The van der Waals surface area contributed by atoms with Crippen LogP contribution in [0.2, 0.25) is 0 Å². The summed E-state index contributed by atoms with van der Waals surface area (Å²) in [7, 11) is 0. The van der Waals surface area contributed by atoms with Crippen molar-refractivity contribution < 1.29 is 9.23 Å². The number of hydrogen-bond acceptors (Lipinski definition) is 3. The highest BCUT2D eigenvalue weighted by Crippen LogP contribution is 2.48. The number of benzene rings is 3. The zero-order chi connectivity index (χ0) is 21.1.